The van der Waals surface area contributed by atoms with E-state index in [0.29, 0.717) is 34.5 Å². The van der Waals surface area contributed by atoms with Crippen LogP contribution < -0.4 is 9.47 Å². The van der Waals surface area contributed by atoms with E-state index in [4.69, 9.17) is 33.3 Å². The van der Waals surface area contributed by atoms with Gasteiger partial charge in [-0.2, -0.15) is 14.9 Å². The smallest absolute Gasteiger partial charge is 0.216 e. The highest BCUT2D eigenvalue weighted by atomic mass is 35.5. The minimum absolute atomic E-state index is 0.359. The number of aromatic amines is 1. The van der Waals surface area contributed by atoms with Gasteiger partial charge in [0, 0.05) is 17.0 Å². The number of aromatic nitrogens is 3. The molecule has 2 aromatic carbocycles. The van der Waals surface area contributed by atoms with Crippen LogP contribution in [0.5, 0.6) is 11.5 Å². The van der Waals surface area contributed by atoms with Crippen molar-refractivity contribution in [3.8, 4) is 11.5 Å². The highest BCUT2D eigenvalue weighted by molar-refractivity contribution is 7.71. The van der Waals surface area contributed by atoms with E-state index in [1.54, 1.807) is 10.9 Å². The van der Waals surface area contributed by atoms with Crippen molar-refractivity contribution in [3.63, 3.8) is 0 Å². The van der Waals surface area contributed by atoms with Gasteiger partial charge in [-0.3, -0.25) is 5.10 Å². The van der Waals surface area contributed by atoms with E-state index in [1.165, 1.54) is 0 Å². The summed E-state index contributed by atoms with van der Waals surface area (Å²) < 4.78 is 13.8. The van der Waals surface area contributed by atoms with Crippen LogP contribution in [0, 0.1) is 4.77 Å². The summed E-state index contributed by atoms with van der Waals surface area (Å²) in [5, 5.41) is 12.1. The predicted molar refractivity (Wildman–Crippen MR) is 118 cm³/mol. The Kier molecular flexibility index (Phi) is 7.43. The summed E-state index contributed by atoms with van der Waals surface area (Å²) >= 11 is 11.5. The number of nitrogens with zero attached hydrogens (tertiary/aromatic N) is 3. The summed E-state index contributed by atoms with van der Waals surface area (Å²) in [5.41, 5.74) is 1.78. The van der Waals surface area contributed by atoms with E-state index in [-0.39, 0.29) is 0 Å². The van der Waals surface area contributed by atoms with E-state index in [2.05, 4.69) is 22.2 Å². The first-order valence-corrected chi connectivity index (χ1v) is 10.2. The van der Waals surface area contributed by atoms with E-state index in [9.17, 15) is 0 Å². The number of H-pyrrole nitrogens is 1. The first-order valence-electron chi connectivity index (χ1n) is 9.46. The summed E-state index contributed by atoms with van der Waals surface area (Å²) in [6, 6.07) is 13.3. The topological polar surface area (TPSA) is 64.4 Å². The van der Waals surface area contributed by atoms with Crippen molar-refractivity contribution in [1.82, 2.24) is 14.9 Å². The van der Waals surface area contributed by atoms with E-state index in [1.807, 2.05) is 49.4 Å². The molecular weight excluding hydrogens is 408 g/mol. The summed E-state index contributed by atoms with van der Waals surface area (Å²) in [7, 11) is 0. The average molecular weight is 431 g/mol. The molecule has 1 N–H and O–H groups in total. The van der Waals surface area contributed by atoms with Crippen molar-refractivity contribution in [3.05, 3.63) is 69.2 Å². The van der Waals surface area contributed by atoms with Crippen LogP contribution >= 0.6 is 23.8 Å². The lowest BCUT2D eigenvalue weighted by Crippen LogP contribution is -2.01. The Bertz CT molecular complexity index is 1050. The summed E-state index contributed by atoms with van der Waals surface area (Å²) in [5.74, 6) is 2.10. The largest absolute Gasteiger partial charge is 0.490 e. The molecule has 0 fully saturated rings. The molecule has 0 saturated heterocycles. The Labute approximate surface area is 180 Å². The number of hydrogen-bond donors (Lipinski definition) is 1. The van der Waals surface area contributed by atoms with Gasteiger partial charge < -0.3 is 9.47 Å². The normalized spacial score (nSPS) is 11.1. The molecule has 152 valence electrons. The predicted octanol–water partition coefficient (Wildman–Crippen LogP) is 5.41. The molecule has 1 aromatic heterocycles. The van der Waals surface area contributed by atoms with Gasteiger partial charge in [-0.1, -0.05) is 36.7 Å². The van der Waals surface area contributed by atoms with Gasteiger partial charge in [0.2, 0.25) is 4.77 Å². The van der Waals surface area contributed by atoms with Crippen LogP contribution in [0.1, 0.15) is 37.2 Å². The number of benzene rings is 2. The molecule has 0 spiro atoms. The van der Waals surface area contributed by atoms with Gasteiger partial charge in [0.25, 0.3) is 0 Å². The lowest BCUT2D eigenvalue weighted by molar-refractivity contribution is 0.269. The zero-order valence-corrected chi connectivity index (χ0v) is 18.0. The fourth-order valence-corrected chi connectivity index (χ4v) is 3.11. The molecule has 0 saturated carbocycles. The molecule has 0 radical (unpaired) electrons. The molecule has 3 rings (SSSR count). The third-order valence-electron chi connectivity index (χ3n) is 4.12. The number of nitrogens with one attached hydrogen (secondary N) is 1. The number of aryl methyl sites for hydroxylation is 1. The molecule has 8 heteroatoms. The first-order chi connectivity index (χ1) is 14.1. The number of ether oxygens (including phenoxy) is 2. The van der Waals surface area contributed by atoms with Crippen molar-refractivity contribution in [2.45, 2.75) is 33.3 Å². The van der Waals surface area contributed by atoms with Gasteiger partial charge >= 0.3 is 0 Å². The van der Waals surface area contributed by atoms with Crippen LogP contribution in [-0.2, 0) is 13.0 Å². The summed E-state index contributed by atoms with van der Waals surface area (Å²) in [6.45, 7) is 4.90. The standard InChI is InChI=1S/C21H23ClN4O2S/c1-3-7-20-24-25-21(29)26(20)23-13-15-10-11-18(19(12-15)27-4-2)28-14-16-8-5-6-9-17(16)22/h5-6,8-13H,3-4,7,14H2,1-2H3,(H,25,29)/b23-13+. The minimum atomic E-state index is 0.359. The SMILES string of the molecule is CCCc1n[nH]c(=S)n1/N=C/c1ccc(OCc2ccccc2Cl)c(OCC)c1. The molecule has 3 aromatic rings. The summed E-state index contributed by atoms with van der Waals surface area (Å²) in [6.07, 6.45) is 3.48. The summed E-state index contributed by atoms with van der Waals surface area (Å²) in [4.78, 5) is 0. The lowest BCUT2D eigenvalue weighted by atomic mass is 10.2. The average Bonchev–Trinajstić information content (AvgIpc) is 3.07. The van der Waals surface area contributed by atoms with Gasteiger partial charge in [-0.15, -0.1) is 0 Å². The monoisotopic (exact) mass is 430 g/mol. The molecule has 6 nitrogen and oxygen atoms in total. The second-order valence-electron chi connectivity index (χ2n) is 6.27. The molecule has 0 atom stereocenters. The van der Waals surface area contributed by atoms with Gasteiger partial charge in [0.05, 0.1) is 12.8 Å². The van der Waals surface area contributed by atoms with Gasteiger partial charge in [-0.25, -0.2) is 0 Å². The Morgan fingerprint density at radius 3 is 2.76 bits per heavy atom. The third-order valence-corrected chi connectivity index (χ3v) is 4.75. The van der Waals surface area contributed by atoms with Crippen LogP contribution in [0.2, 0.25) is 5.02 Å². The maximum Gasteiger partial charge on any atom is 0.216 e. The van der Waals surface area contributed by atoms with E-state index >= 15 is 0 Å². The second-order valence-corrected chi connectivity index (χ2v) is 7.06. The van der Waals surface area contributed by atoms with E-state index in [0.717, 1.165) is 29.8 Å². The van der Waals surface area contributed by atoms with Crippen molar-refractivity contribution in [2.75, 3.05) is 6.61 Å². The maximum absolute atomic E-state index is 6.21. The molecule has 0 aliphatic heterocycles. The zero-order chi connectivity index (χ0) is 20.6. The van der Waals surface area contributed by atoms with Crippen molar-refractivity contribution in [1.29, 1.82) is 0 Å². The fourth-order valence-electron chi connectivity index (χ4n) is 2.72. The number of hydrogen-bond acceptors (Lipinski definition) is 5. The van der Waals surface area contributed by atoms with Crippen molar-refractivity contribution >= 4 is 30.0 Å². The molecule has 1 heterocycles. The molecule has 0 aliphatic rings. The minimum Gasteiger partial charge on any atom is -0.490 e. The Hall–Kier alpha value is -2.64. The second kappa shape index (κ2) is 10.2. The Morgan fingerprint density at radius 2 is 2.00 bits per heavy atom. The number of halogens is 1. The highest BCUT2D eigenvalue weighted by Gasteiger charge is 2.08. The van der Waals surface area contributed by atoms with E-state index < -0.39 is 0 Å². The Morgan fingerprint density at radius 1 is 1.17 bits per heavy atom. The van der Waals surface area contributed by atoms with Gasteiger partial charge in [0.15, 0.2) is 17.3 Å². The molecule has 0 bridgehead atoms. The van der Waals surface area contributed by atoms with Gasteiger partial charge in [0.1, 0.15) is 6.61 Å². The Balaban J connectivity index is 1.80. The molecule has 0 unspecified atom stereocenters. The van der Waals surface area contributed by atoms with Crippen LogP contribution in [0.4, 0.5) is 0 Å². The molecular formula is C21H23ClN4O2S. The highest BCUT2D eigenvalue weighted by Crippen LogP contribution is 2.29. The molecule has 29 heavy (non-hydrogen) atoms. The number of rotatable bonds is 9. The van der Waals surface area contributed by atoms with Gasteiger partial charge in [-0.05, 0) is 55.4 Å². The van der Waals surface area contributed by atoms with Crippen molar-refractivity contribution < 1.29 is 9.47 Å². The van der Waals surface area contributed by atoms with Crippen LogP contribution in [0.15, 0.2) is 47.6 Å². The quantitative estimate of drug-likeness (QED) is 0.364. The van der Waals surface area contributed by atoms with Crippen LogP contribution in [0.25, 0.3) is 0 Å². The maximum atomic E-state index is 6.21. The van der Waals surface area contributed by atoms with Crippen molar-refractivity contribution in [2.24, 2.45) is 5.10 Å². The fraction of sp³-hybridized carbons (Fsp3) is 0.286. The third kappa shape index (κ3) is 5.46. The lowest BCUT2D eigenvalue weighted by Gasteiger charge is -2.13. The van der Waals surface area contributed by atoms with Crippen LogP contribution in [-0.4, -0.2) is 27.7 Å². The molecule has 0 amide bonds. The zero-order valence-electron chi connectivity index (χ0n) is 16.4. The molecule has 0 aliphatic carbocycles. The first kappa shape index (κ1) is 21.1. The van der Waals surface area contributed by atoms with Crippen LogP contribution in [0.3, 0.4) is 0 Å².